The van der Waals surface area contributed by atoms with Crippen LogP contribution in [0.25, 0.3) is 6.08 Å². The quantitative estimate of drug-likeness (QED) is 0.666. The number of carboxylic acids is 1. The fourth-order valence-corrected chi connectivity index (χ4v) is 3.89. The highest BCUT2D eigenvalue weighted by molar-refractivity contribution is 8.26. The lowest BCUT2D eigenvalue weighted by Gasteiger charge is -2.12. The molecule has 1 N–H and O–H groups in total. The normalized spacial score (nSPS) is 21.7. The fraction of sp³-hybridized carbons (Fsp3) is 0.312. The highest BCUT2D eigenvalue weighted by atomic mass is 32.2. The summed E-state index contributed by atoms with van der Waals surface area (Å²) in [6, 6.07) is 5.83. The summed E-state index contributed by atoms with van der Waals surface area (Å²) in [4.78, 5) is 24.9. The van der Waals surface area contributed by atoms with E-state index in [1.165, 1.54) is 16.7 Å². The Morgan fingerprint density at radius 2 is 2.35 bits per heavy atom. The molecule has 1 fully saturated rings. The van der Waals surface area contributed by atoms with Gasteiger partial charge in [0.1, 0.15) is 16.2 Å². The van der Waals surface area contributed by atoms with E-state index in [9.17, 15) is 9.59 Å². The van der Waals surface area contributed by atoms with Crippen molar-refractivity contribution in [3.63, 3.8) is 0 Å². The third-order valence-electron chi connectivity index (χ3n) is 3.64. The van der Waals surface area contributed by atoms with Crippen LogP contribution in [0.3, 0.4) is 0 Å². The molecule has 3 rings (SSSR count). The van der Waals surface area contributed by atoms with Gasteiger partial charge in [0, 0.05) is 13.0 Å². The highest BCUT2D eigenvalue weighted by Gasteiger charge is 2.32. The van der Waals surface area contributed by atoms with E-state index in [2.05, 4.69) is 0 Å². The van der Waals surface area contributed by atoms with Crippen LogP contribution in [0, 0.1) is 0 Å². The maximum atomic E-state index is 12.4. The number of thioether (sulfide) groups is 1. The summed E-state index contributed by atoms with van der Waals surface area (Å²) in [6.45, 7) is 2.13. The van der Waals surface area contributed by atoms with Crippen molar-refractivity contribution in [1.82, 2.24) is 4.90 Å². The van der Waals surface area contributed by atoms with E-state index in [1.54, 1.807) is 6.08 Å². The lowest BCUT2D eigenvalue weighted by Crippen LogP contribution is -2.30. The topological polar surface area (TPSA) is 66.8 Å². The molecule has 23 heavy (non-hydrogen) atoms. The number of fused-ring (bicyclic) bond motifs is 1. The number of carboxylic acid groups (broad SMARTS) is 1. The molecular formula is C16H15NO4S2. The van der Waals surface area contributed by atoms with Crippen molar-refractivity contribution >= 4 is 46.3 Å². The molecule has 1 aromatic carbocycles. The average molecular weight is 349 g/mol. The van der Waals surface area contributed by atoms with Gasteiger partial charge in [0.25, 0.3) is 5.91 Å². The van der Waals surface area contributed by atoms with E-state index in [-0.39, 0.29) is 25.0 Å². The van der Waals surface area contributed by atoms with Crippen molar-refractivity contribution in [2.24, 2.45) is 0 Å². The van der Waals surface area contributed by atoms with Gasteiger partial charge >= 0.3 is 5.97 Å². The molecule has 1 saturated heterocycles. The first-order valence-corrected chi connectivity index (χ1v) is 8.43. The Bertz CT molecular complexity index is 729. The molecule has 2 aliphatic heterocycles. The smallest absolute Gasteiger partial charge is 0.305 e. The first kappa shape index (κ1) is 16.0. The number of nitrogens with zero attached hydrogens (tertiary/aromatic N) is 1. The SMILES string of the molecule is CC1Cc2cc(C=C3SC(=S)N(CCC(=O)O)C3=O)ccc2O1. The Labute approximate surface area is 143 Å². The van der Waals surface area contributed by atoms with Crippen LogP contribution < -0.4 is 4.74 Å². The van der Waals surface area contributed by atoms with E-state index >= 15 is 0 Å². The minimum Gasteiger partial charge on any atom is -0.490 e. The van der Waals surface area contributed by atoms with E-state index in [4.69, 9.17) is 22.1 Å². The van der Waals surface area contributed by atoms with Crippen molar-refractivity contribution in [1.29, 1.82) is 0 Å². The van der Waals surface area contributed by atoms with Gasteiger partial charge in [-0.15, -0.1) is 0 Å². The van der Waals surface area contributed by atoms with E-state index in [0.29, 0.717) is 9.23 Å². The molecule has 2 heterocycles. The number of amides is 1. The highest BCUT2D eigenvalue weighted by Crippen LogP contribution is 2.34. The Morgan fingerprint density at radius 3 is 3.09 bits per heavy atom. The van der Waals surface area contributed by atoms with Gasteiger partial charge in [-0.3, -0.25) is 14.5 Å². The summed E-state index contributed by atoms with van der Waals surface area (Å²) in [5.41, 5.74) is 2.05. The number of hydrogen-bond acceptors (Lipinski definition) is 5. The van der Waals surface area contributed by atoms with Gasteiger partial charge in [0.05, 0.1) is 11.3 Å². The second-order valence-electron chi connectivity index (χ2n) is 5.48. The lowest BCUT2D eigenvalue weighted by molar-refractivity contribution is -0.137. The molecule has 1 atom stereocenters. The number of thiocarbonyl (C=S) groups is 1. The van der Waals surface area contributed by atoms with E-state index in [1.807, 2.05) is 25.1 Å². The van der Waals surface area contributed by atoms with Gasteiger partial charge in [0.15, 0.2) is 0 Å². The Kier molecular flexibility index (Phi) is 4.41. The summed E-state index contributed by atoms with van der Waals surface area (Å²) < 4.78 is 6.07. The van der Waals surface area contributed by atoms with Gasteiger partial charge < -0.3 is 9.84 Å². The summed E-state index contributed by atoms with van der Waals surface area (Å²) in [5, 5.41) is 8.74. The monoisotopic (exact) mass is 349 g/mol. The molecule has 0 radical (unpaired) electrons. The molecule has 2 aliphatic rings. The van der Waals surface area contributed by atoms with Crippen molar-refractivity contribution in [3.8, 4) is 5.75 Å². The predicted octanol–water partition coefficient (Wildman–Crippen LogP) is 2.69. The number of benzene rings is 1. The van der Waals surface area contributed by atoms with Gasteiger partial charge in [-0.05, 0) is 36.3 Å². The summed E-state index contributed by atoms with van der Waals surface area (Å²) >= 11 is 6.38. The lowest BCUT2D eigenvalue weighted by atomic mass is 10.1. The zero-order valence-corrected chi connectivity index (χ0v) is 14.1. The van der Waals surface area contributed by atoms with Gasteiger partial charge in [-0.25, -0.2) is 0 Å². The summed E-state index contributed by atoms with van der Waals surface area (Å²) in [7, 11) is 0. The first-order valence-electron chi connectivity index (χ1n) is 7.21. The molecule has 0 spiro atoms. The number of carbonyl (C=O) groups is 2. The maximum Gasteiger partial charge on any atom is 0.305 e. The minimum atomic E-state index is -0.948. The standard InChI is InChI=1S/C16H15NO4S2/c1-9-6-11-7-10(2-3-12(11)21-9)8-13-15(20)17(16(22)23-13)5-4-14(18)19/h2-3,7-9H,4-6H2,1H3,(H,18,19). The van der Waals surface area contributed by atoms with Crippen molar-refractivity contribution < 1.29 is 19.4 Å². The summed E-state index contributed by atoms with van der Waals surface area (Å²) in [5.74, 6) is -0.286. The zero-order valence-electron chi connectivity index (χ0n) is 12.4. The largest absolute Gasteiger partial charge is 0.490 e. The third kappa shape index (κ3) is 3.40. The van der Waals surface area contributed by atoms with Crippen LogP contribution in [0.2, 0.25) is 0 Å². The first-order chi connectivity index (χ1) is 10.9. The van der Waals surface area contributed by atoms with Crippen molar-refractivity contribution in [2.75, 3.05) is 6.54 Å². The van der Waals surface area contributed by atoms with Crippen LogP contribution in [-0.4, -0.2) is 38.9 Å². The molecule has 120 valence electrons. The second kappa shape index (κ2) is 6.33. The van der Waals surface area contributed by atoms with Gasteiger partial charge in [-0.2, -0.15) is 0 Å². The number of carbonyl (C=O) groups excluding carboxylic acids is 1. The minimum absolute atomic E-state index is 0.104. The number of ether oxygens (including phenoxy) is 1. The molecule has 1 unspecified atom stereocenters. The number of rotatable bonds is 4. The van der Waals surface area contributed by atoms with Crippen LogP contribution in [0.4, 0.5) is 0 Å². The third-order valence-corrected chi connectivity index (χ3v) is 5.02. The molecular weight excluding hydrogens is 334 g/mol. The fourth-order valence-electron chi connectivity index (χ4n) is 2.58. The Morgan fingerprint density at radius 1 is 1.57 bits per heavy atom. The predicted molar refractivity (Wildman–Crippen MR) is 92.4 cm³/mol. The average Bonchev–Trinajstić information content (AvgIpc) is 2.96. The van der Waals surface area contributed by atoms with Crippen LogP contribution >= 0.6 is 24.0 Å². The molecule has 1 amide bonds. The molecule has 7 heteroatoms. The van der Waals surface area contributed by atoms with Crippen LogP contribution in [0.1, 0.15) is 24.5 Å². The van der Waals surface area contributed by atoms with Crippen LogP contribution in [0.15, 0.2) is 23.1 Å². The van der Waals surface area contributed by atoms with Gasteiger partial charge in [-0.1, -0.05) is 30.0 Å². The Hall–Kier alpha value is -1.86. The molecule has 0 bridgehead atoms. The van der Waals surface area contributed by atoms with E-state index < -0.39 is 5.97 Å². The molecule has 0 aromatic heterocycles. The van der Waals surface area contributed by atoms with Crippen molar-refractivity contribution in [3.05, 3.63) is 34.2 Å². The second-order valence-corrected chi connectivity index (χ2v) is 7.15. The molecule has 0 saturated carbocycles. The number of aliphatic carboxylic acids is 1. The molecule has 0 aliphatic carbocycles. The molecule has 5 nitrogen and oxygen atoms in total. The number of hydrogen-bond donors (Lipinski definition) is 1. The molecule has 1 aromatic rings. The maximum absolute atomic E-state index is 12.4. The van der Waals surface area contributed by atoms with Crippen LogP contribution in [0.5, 0.6) is 5.75 Å². The Balaban J connectivity index is 1.78. The zero-order chi connectivity index (χ0) is 16.6. The van der Waals surface area contributed by atoms with Gasteiger partial charge in [0.2, 0.25) is 0 Å². The van der Waals surface area contributed by atoms with Crippen LogP contribution in [-0.2, 0) is 16.0 Å². The van der Waals surface area contributed by atoms with E-state index in [0.717, 1.165) is 23.3 Å². The van der Waals surface area contributed by atoms with Crippen molar-refractivity contribution in [2.45, 2.75) is 25.9 Å². The summed E-state index contributed by atoms with van der Waals surface area (Å²) in [6.07, 6.45) is 2.71.